The van der Waals surface area contributed by atoms with Crippen LogP contribution in [0.5, 0.6) is 5.75 Å². The molecule has 1 rings (SSSR count). The molecule has 0 saturated heterocycles. The van der Waals surface area contributed by atoms with Gasteiger partial charge in [-0.3, -0.25) is 0 Å². The first-order chi connectivity index (χ1) is 7.43. The number of hydrogen-bond donors (Lipinski definition) is 0. The number of nitriles is 1. The maximum atomic E-state index is 9.07. The van der Waals surface area contributed by atoms with Crippen molar-refractivity contribution in [3.8, 4) is 11.8 Å². The van der Waals surface area contributed by atoms with Crippen molar-refractivity contribution in [3.05, 3.63) is 23.0 Å². The van der Waals surface area contributed by atoms with Crippen LogP contribution in [0.25, 0.3) is 0 Å². The standard InChI is InChI=1S/C13H18N2O/c1-6-9-7-11(13(2,3)4)15-10(8-14)12(9)16-5/h7H,6H2,1-5H3. The number of hydrogen-bond acceptors (Lipinski definition) is 3. The Morgan fingerprint density at radius 1 is 1.44 bits per heavy atom. The SMILES string of the molecule is CCc1cc(C(C)(C)C)nc(C#N)c1OC. The van der Waals surface area contributed by atoms with Gasteiger partial charge in [0.25, 0.3) is 0 Å². The number of rotatable bonds is 2. The Balaban J connectivity index is 3.45. The van der Waals surface area contributed by atoms with Crippen LogP contribution in [-0.4, -0.2) is 12.1 Å². The fourth-order valence-corrected chi connectivity index (χ4v) is 1.54. The summed E-state index contributed by atoms with van der Waals surface area (Å²) in [6.45, 7) is 8.30. The third kappa shape index (κ3) is 2.33. The van der Waals surface area contributed by atoms with E-state index < -0.39 is 0 Å². The molecular formula is C13H18N2O. The molecule has 0 spiro atoms. The van der Waals surface area contributed by atoms with E-state index in [0.29, 0.717) is 11.4 Å². The van der Waals surface area contributed by atoms with Crippen molar-refractivity contribution in [1.29, 1.82) is 5.26 Å². The van der Waals surface area contributed by atoms with Crippen molar-refractivity contribution in [2.24, 2.45) is 0 Å². The molecule has 1 heterocycles. The van der Waals surface area contributed by atoms with E-state index in [1.807, 2.05) is 13.0 Å². The molecule has 0 saturated carbocycles. The maximum Gasteiger partial charge on any atom is 0.183 e. The molecule has 1 aromatic heterocycles. The second-order valence-electron chi connectivity index (χ2n) is 4.76. The Labute approximate surface area is 97.1 Å². The van der Waals surface area contributed by atoms with Gasteiger partial charge in [-0.15, -0.1) is 0 Å². The molecule has 0 radical (unpaired) electrons. The average Bonchev–Trinajstić information content (AvgIpc) is 2.25. The van der Waals surface area contributed by atoms with Crippen molar-refractivity contribution < 1.29 is 4.74 Å². The van der Waals surface area contributed by atoms with E-state index in [4.69, 9.17) is 10.00 Å². The van der Waals surface area contributed by atoms with E-state index in [0.717, 1.165) is 17.7 Å². The third-order valence-electron chi connectivity index (χ3n) is 2.51. The second kappa shape index (κ2) is 4.52. The van der Waals surface area contributed by atoms with E-state index in [9.17, 15) is 0 Å². The van der Waals surface area contributed by atoms with Crippen LogP contribution in [0.2, 0.25) is 0 Å². The predicted octanol–water partition coefficient (Wildman–Crippen LogP) is 2.82. The number of aryl methyl sites for hydroxylation is 1. The highest BCUT2D eigenvalue weighted by molar-refractivity contribution is 5.46. The first-order valence-corrected chi connectivity index (χ1v) is 5.42. The van der Waals surface area contributed by atoms with Gasteiger partial charge in [-0.2, -0.15) is 5.26 Å². The zero-order valence-corrected chi connectivity index (χ0v) is 10.6. The lowest BCUT2D eigenvalue weighted by molar-refractivity contribution is 0.405. The summed E-state index contributed by atoms with van der Waals surface area (Å²) in [6.07, 6.45) is 0.837. The summed E-state index contributed by atoms with van der Waals surface area (Å²) in [5, 5.41) is 9.07. The molecule has 0 atom stereocenters. The molecule has 3 nitrogen and oxygen atoms in total. The Kier molecular flexibility index (Phi) is 3.54. The normalized spacial score (nSPS) is 11.0. The van der Waals surface area contributed by atoms with Crippen LogP contribution in [0, 0.1) is 11.3 Å². The van der Waals surface area contributed by atoms with Crippen molar-refractivity contribution in [2.45, 2.75) is 39.5 Å². The van der Waals surface area contributed by atoms with Crippen LogP contribution >= 0.6 is 0 Å². The quantitative estimate of drug-likeness (QED) is 0.766. The third-order valence-corrected chi connectivity index (χ3v) is 2.51. The number of methoxy groups -OCH3 is 1. The van der Waals surface area contributed by atoms with Gasteiger partial charge in [-0.05, 0) is 18.1 Å². The smallest absolute Gasteiger partial charge is 0.183 e. The van der Waals surface area contributed by atoms with E-state index >= 15 is 0 Å². The monoisotopic (exact) mass is 218 g/mol. The molecule has 0 bridgehead atoms. The van der Waals surface area contributed by atoms with Crippen LogP contribution in [0.3, 0.4) is 0 Å². The summed E-state index contributed by atoms with van der Waals surface area (Å²) >= 11 is 0. The molecular weight excluding hydrogens is 200 g/mol. The molecule has 0 aromatic carbocycles. The Hall–Kier alpha value is -1.56. The summed E-state index contributed by atoms with van der Waals surface area (Å²) in [5.74, 6) is 0.609. The average molecular weight is 218 g/mol. The van der Waals surface area contributed by atoms with Gasteiger partial charge in [0.15, 0.2) is 11.4 Å². The van der Waals surface area contributed by atoms with Crippen molar-refractivity contribution in [2.75, 3.05) is 7.11 Å². The molecule has 1 aromatic rings. The minimum Gasteiger partial charge on any atom is -0.493 e. The van der Waals surface area contributed by atoms with Gasteiger partial charge in [0.05, 0.1) is 7.11 Å². The van der Waals surface area contributed by atoms with Gasteiger partial charge in [-0.25, -0.2) is 4.98 Å². The number of nitrogens with zero attached hydrogens (tertiary/aromatic N) is 2. The van der Waals surface area contributed by atoms with Gasteiger partial charge >= 0.3 is 0 Å². The highest BCUT2D eigenvalue weighted by atomic mass is 16.5. The molecule has 0 aliphatic carbocycles. The van der Waals surface area contributed by atoms with Crippen molar-refractivity contribution in [3.63, 3.8) is 0 Å². The highest BCUT2D eigenvalue weighted by Crippen LogP contribution is 2.28. The summed E-state index contributed by atoms with van der Waals surface area (Å²) in [7, 11) is 1.58. The van der Waals surface area contributed by atoms with Gasteiger partial charge in [0.2, 0.25) is 0 Å². The Morgan fingerprint density at radius 3 is 2.44 bits per heavy atom. The van der Waals surface area contributed by atoms with Crippen LogP contribution in [-0.2, 0) is 11.8 Å². The van der Waals surface area contributed by atoms with Crippen LogP contribution in [0.4, 0.5) is 0 Å². The van der Waals surface area contributed by atoms with E-state index in [-0.39, 0.29) is 5.41 Å². The molecule has 0 amide bonds. The van der Waals surface area contributed by atoms with Gasteiger partial charge in [0, 0.05) is 11.1 Å². The molecule has 0 aliphatic heterocycles. The van der Waals surface area contributed by atoms with E-state index in [1.165, 1.54) is 0 Å². The molecule has 86 valence electrons. The van der Waals surface area contributed by atoms with Gasteiger partial charge in [-0.1, -0.05) is 27.7 Å². The molecule has 0 fully saturated rings. The lowest BCUT2D eigenvalue weighted by atomic mass is 9.90. The first-order valence-electron chi connectivity index (χ1n) is 5.42. The first kappa shape index (κ1) is 12.5. The largest absolute Gasteiger partial charge is 0.493 e. The summed E-state index contributed by atoms with van der Waals surface area (Å²) in [5.41, 5.74) is 2.30. The molecule has 0 aliphatic rings. The van der Waals surface area contributed by atoms with Crippen LogP contribution in [0.1, 0.15) is 44.6 Å². The minimum atomic E-state index is -0.0538. The fraction of sp³-hybridized carbons (Fsp3) is 0.538. The fourth-order valence-electron chi connectivity index (χ4n) is 1.54. The van der Waals surface area contributed by atoms with Crippen LogP contribution in [0.15, 0.2) is 6.07 Å². The Morgan fingerprint density at radius 2 is 2.06 bits per heavy atom. The van der Waals surface area contributed by atoms with Gasteiger partial charge < -0.3 is 4.74 Å². The van der Waals surface area contributed by atoms with Crippen molar-refractivity contribution in [1.82, 2.24) is 4.98 Å². The topological polar surface area (TPSA) is 45.9 Å². The summed E-state index contributed by atoms with van der Waals surface area (Å²) < 4.78 is 5.24. The minimum absolute atomic E-state index is 0.0538. The number of ether oxygens (including phenoxy) is 1. The predicted molar refractivity (Wildman–Crippen MR) is 63.6 cm³/mol. The lowest BCUT2D eigenvalue weighted by Crippen LogP contribution is -2.15. The summed E-state index contributed by atoms with van der Waals surface area (Å²) in [4.78, 5) is 4.36. The summed E-state index contributed by atoms with van der Waals surface area (Å²) in [6, 6.07) is 4.13. The molecule has 16 heavy (non-hydrogen) atoms. The van der Waals surface area contributed by atoms with E-state index in [1.54, 1.807) is 7.11 Å². The van der Waals surface area contributed by atoms with Crippen molar-refractivity contribution >= 4 is 0 Å². The van der Waals surface area contributed by atoms with Crippen LogP contribution < -0.4 is 4.74 Å². The Bertz CT molecular complexity index is 425. The zero-order valence-electron chi connectivity index (χ0n) is 10.6. The molecule has 0 N–H and O–H groups in total. The lowest BCUT2D eigenvalue weighted by Gasteiger charge is -2.20. The van der Waals surface area contributed by atoms with E-state index in [2.05, 4.69) is 31.8 Å². The van der Waals surface area contributed by atoms with Gasteiger partial charge in [0.1, 0.15) is 6.07 Å². The molecule has 3 heteroatoms. The highest BCUT2D eigenvalue weighted by Gasteiger charge is 2.20. The maximum absolute atomic E-state index is 9.07. The number of aromatic nitrogens is 1. The second-order valence-corrected chi connectivity index (χ2v) is 4.76. The molecule has 0 unspecified atom stereocenters. The number of pyridine rings is 1. The zero-order chi connectivity index (χ0) is 12.3.